The molecule has 8 nitrogen and oxygen atoms in total. The molecule has 2 heterocycles. The van der Waals surface area contributed by atoms with E-state index in [1.54, 1.807) is 32.5 Å². The van der Waals surface area contributed by atoms with E-state index in [-0.39, 0.29) is 17.6 Å². The highest BCUT2D eigenvalue weighted by Gasteiger charge is 2.45. The van der Waals surface area contributed by atoms with Gasteiger partial charge in [-0.25, -0.2) is 4.39 Å². The number of benzene rings is 1. The first-order chi connectivity index (χ1) is 15.4. The van der Waals surface area contributed by atoms with E-state index in [0.29, 0.717) is 37.6 Å². The smallest absolute Gasteiger partial charge is 0.270 e. The van der Waals surface area contributed by atoms with Crippen LogP contribution in [0.5, 0.6) is 5.75 Å². The Labute approximate surface area is 186 Å². The summed E-state index contributed by atoms with van der Waals surface area (Å²) in [6, 6.07) is 7.94. The molecule has 2 aliphatic rings. The highest BCUT2D eigenvalue weighted by molar-refractivity contribution is 5.94. The molecule has 0 spiro atoms. The lowest BCUT2D eigenvalue weighted by atomic mass is 10.0. The summed E-state index contributed by atoms with van der Waals surface area (Å²) < 4.78 is 24.6. The van der Waals surface area contributed by atoms with Gasteiger partial charge in [0.15, 0.2) is 6.10 Å². The van der Waals surface area contributed by atoms with Crippen LogP contribution >= 0.6 is 0 Å². The van der Waals surface area contributed by atoms with E-state index < -0.39 is 11.6 Å². The van der Waals surface area contributed by atoms with Crippen LogP contribution in [0.2, 0.25) is 0 Å². The Morgan fingerprint density at radius 3 is 2.84 bits per heavy atom. The van der Waals surface area contributed by atoms with Crippen LogP contribution in [0, 0.1) is 5.82 Å². The van der Waals surface area contributed by atoms with Crippen molar-refractivity contribution in [3.05, 3.63) is 53.6 Å². The molecule has 2 fully saturated rings. The molecule has 9 heteroatoms. The number of nitrogens with zero attached hydrogens (tertiary/aromatic N) is 2. The predicted octanol–water partition coefficient (Wildman–Crippen LogP) is 1.69. The fourth-order valence-electron chi connectivity index (χ4n) is 4.00. The molecular formula is C23H27FN4O4. The van der Waals surface area contributed by atoms with Gasteiger partial charge in [-0.2, -0.15) is 0 Å². The Kier molecular flexibility index (Phi) is 6.27. The maximum atomic E-state index is 13.7. The first kappa shape index (κ1) is 22.0. The van der Waals surface area contributed by atoms with Crippen molar-refractivity contribution in [2.24, 2.45) is 0 Å². The highest BCUT2D eigenvalue weighted by atomic mass is 19.1. The summed E-state index contributed by atoms with van der Waals surface area (Å²) in [6.07, 6.45) is 3.11. The summed E-state index contributed by atoms with van der Waals surface area (Å²) in [6.45, 7) is 1.43. The maximum Gasteiger partial charge on any atom is 0.270 e. The average Bonchev–Trinajstić information content (AvgIpc) is 3.57. The Hall–Kier alpha value is -3.20. The van der Waals surface area contributed by atoms with Gasteiger partial charge in [-0.15, -0.1) is 0 Å². The molecular weight excluding hydrogens is 415 g/mol. The van der Waals surface area contributed by atoms with Gasteiger partial charge in [0.05, 0.1) is 20.3 Å². The minimum atomic E-state index is -0.560. The molecule has 2 N–H and O–H groups in total. The Balaban J connectivity index is 1.45. The molecule has 1 saturated carbocycles. The number of rotatable bonds is 7. The number of carbonyl (C=O) groups is 2. The third kappa shape index (κ3) is 4.83. The number of morpholine rings is 1. The number of hydrogen-bond acceptors (Lipinski definition) is 6. The van der Waals surface area contributed by atoms with E-state index >= 15 is 0 Å². The molecule has 1 atom stereocenters. The van der Waals surface area contributed by atoms with E-state index in [1.807, 2.05) is 11.0 Å². The van der Waals surface area contributed by atoms with Gasteiger partial charge in [0.1, 0.15) is 17.3 Å². The van der Waals surface area contributed by atoms with Gasteiger partial charge in [-0.1, -0.05) is 0 Å². The second kappa shape index (κ2) is 9.12. The van der Waals surface area contributed by atoms with Crippen LogP contribution in [0.25, 0.3) is 0 Å². The number of ether oxygens (including phenoxy) is 2. The van der Waals surface area contributed by atoms with Crippen molar-refractivity contribution < 1.29 is 23.5 Å². The Morgan fingerprint density at radius 2 is 2.12 bits per heavy atom. The Bertz CT molecular complexity index is 1010. The zero-order valence-electron chi connectivity index (χ0n) is 18.2. The quantitative estimate of drug-likeness (QED) is 0.678. The van der Waals surface area contributed by atoms with Crippen LogP contribution in [0.4, 0.5) is 10.1 Å². The molecule has 170 valence electrons. The lowest BCUT2D eigenvalue weighted by Gasteiger charge is -2.33. The van der Waals surface area contributed by atoms with Crippen molar-refractivity contribution in [1.29, 1.82) is 0 Å². The van der Waals surface area contributed by atoms with E-state index in [2.05, 4.69) is 15.6 Å². The number of carbonyl (C=O) groups excluding carboxylic acids is 2. The van der Waals surface area contributed by atoms with Crippen LogP contribution in [0.15, 0.2) is 36.5 Å². The zero-order chi connectivity index (χ0) is 22.7. The van der Waals surface area contributed by atoms with Crippen molar-refractivity contribution in [2.45, 2.75) is 30.9 Å². The number of anilines is 1. The summed E-state index contributed by atoms with van der Waals surface area (Å²) in [4.78, 5) is 31.2. The van der Waals surface area contributed by atoms with Crippen LogP contribution < -0.4 is 20.3 Å². The van der Waals surface area contributed by atoms with Gasteiger partial charge in [-0.3, -0.25) is 14.6 Å². The molecule has 0 radical (unpaired) electrons. The van der Waals surface area contributed by atoms with Gasteiger partial charge in [0, 0.05) is 31.0 Å². The zero-order valence-corrected chi connectivity index (χ0v) is 18.2. The molecule has 1 aliphatic heterocycles. The molecule has 4 rings (SSSR count). The van der Waals surface area contributed by atoms with Crippen molar-refractivity contribution in [3.8, 4) is 5.75 Å². The second-order valence-corrected chi connectivity index (χ2v) is 8.19. The van der Waals surface area contributed by atoms with Gasteiger partial charge < -0.3 is 25.0 Å². The van der Waals surface area contributed by atoms with Crippen molar-refractivity contribution in [3.63, 3.8) is 0 Å². The molecule has 1 aliphatic carbocycles. The van der Waals surface area contributed by atoms with Crippen LogP contribution in [-0.4, -0.2) is 62.3 Å². The third-order valence-corrected chi connectivity index (χ3v) is 5.95. The van der Waals surface area contributed by atoms with E-state index in [9.17, 15) is 14.0 Å². The minimum Gasteiger partial charge on any atom is -0.496 e. The number of methoxy groups -OCH3 is 1. The lowest BCUT2D eigenvalue weighted by molar-refractivity contribution is -0.132. The summed E-state index contributed by atoms with van der Waals surface area (Å²) in [7, 11) is 3.12. The van der Waals surface area contributed by atoms with Gasteiger partial charge in [-0.05, 0) is 55.2 Å². The minimum absolute atomic E-state index is 0.176. The molecule has 1 aromatic carbocycles. The fourth-order valence-corrected chi connectivity index (χ4v) is 4.00. The van der Waals surface area contributed by atoms with E-state index in [1.165, 1.54) is 12.1 Å². The van der Waals surface area contributed by atoms with Gasteiger partial charge in [0.25, 0.3) is 11.8 Å². The second-order valence-electron chi connectivity index (χ2n) is 8.19. The number of nitrogens with one attached hydrogen (secondary N) is 2. The van der Waals surface area contributed by atoms with E-state index in [4.69, 9.17) is 9.47 Å². The molecule has 32 heavy (non-hydrogen) atoms. The van der Waals surface area contributed by atoms with Crippen molar-refractivity contribution in [1.82, 2.24) is 15.6 Å². The summed E-state index contributed by atoms with van der Waals surface area (Å²) >= 11 is 0. The summed E-state index contributed by atoms with van der Waals surface area (Å²) in [5.74, 6) is -0.191. The third-order valence-electron chi connectivity index (χ3n) is 5.95. The van der Waals surface area contributed by atoms with Gasteiger partial charge in [0.2, 0.25) is 0 Å². The molecule has 0 unspecified atom stereocenters. The molecule has 0 bridgehead atoms. The predicted molar refractivity (Wildman–Crippen MR) is 116 cm³/mol. The number of aromatic nitrogens is 1. The van der Waals surface area contributed by atoms with Gasteiger partial charge >= 0.3 is 0 Å². The number of halogens is 1. The highest BCUT2D eigenvalue weighted by Crippen LogP contribution is 2.40. The first-order valence-corrected chi connectivity index (χ1v) is 10.6. The molecule has 1 aromatic heterocycles. The first-order valence-electron chi connectivity index (χ1n) is 10.6. The molecule has 2 aromatic rings. The largest absolute Gasteiger partial charge is 0.496 e. The van der Waals surface area contributed by atoms with Crippen LogP contribution in [-0.2, 0) is 16.0 Å². The number of hydrogen-bond donors (Lipinski definition) is 2. The SMILES string of the molecule is CNC(=O)[C@@H]1CN(c2ccnc(C(=O)NC3(Cc4cc(F)ccc4OC)CC3)c2)CCO1. The number of likely N-dealkylation sites (N-methyl/N-ethyl adjacent to an activating group) is 1. The van der Waals surface area contributed by atoms with Crippen molar-refractivity contribution in [2.75, 3.05) is 38.8 Å². The van der Waals surface area contributed by atoms with E-state index in [0.717, 1.165) is 24.1 Å². The standard InChI is InChI=1S/C23H27FN4O4/c1-25-22(30)20-14-28(9-10-32-20)17-5-8-26-18(12-17)21(29)27-23(6-7-23)13-15-11-16(24)3-4-19(15)31-2/h3-5,8,11-12,20H,6-7,9-10,13-14H2,1-2H3,(H,25,30)(H,27,29)/t20-/m0/s1. The van der Waals surface area contributed by atoms with Crippen LogP contribution in [0.1, 0.15) is 28.9 Å². The summed E-state index contributed by atoms with van der Waals surface area (Å²) in [5, 5.41) is 5.68. The average molecular weight is 442 g/mol. The summed E-state index contributed by atoms with van der Waals surface area (Å²) in [5.41, 5.74) is 1.39. The lowest BCUT2D eigenvalue weighted by Crippen LogP contribution is -2.49. The fraction of sp³-hybridized carbons (Fsp3) is 0.435. The topological polar surface area (TPSA) is 92.8 Å². The van der Waals surface area contributed by atoms with Crippen LogP contribution in [0.3, 0.4) is 0 Å². The molecule has 2 amide bonds. The normalized spacial score (nSPS) is 19.2. The molecule has 1 saturated heterocycles. The monoisotopic (exact) mass is 442 g/mol. The maximum absolute atomic E-state index is 13.7. The Morgan fingerprint density at radius 1 is 1.31 bits per heavy atom. The number of amides is 2. The number of pyridine rings is 1. The van der Waals surface area contributed by atoms with Crippen molar-refractivity contribution >= 4 is 17.5 Å².